The molecule has 1 fully saturated rings. The van der Waals surface area contributed by atoms with E-state index in [0.29, 0.717) is 10.7 Å². The Kier molecular flexibility index (Phi) is 1.75. The third kappa shape index (κ3) is 1.22. The van der Waals surface area contributed by atoms with E-state index in [1.165, 1.54) is 19.3 Å². The standard InChI is InChI=1S/C8H10BrNO/c1-5-7(6-3-2-4-6)11-8(9)10-5/h6H,2-4H2,1H3. The predicted molar refractivity (Wildman–Crippen MR) is 45.5 cm³/mol. The van der Waals surface area contributed by atoms with E-state index in [9.17, 15) is 0 Å². The van der Waals surface area contributed by atoms with E-state index >= 15 is 0 Å². The summed E-state index contributed by atoms with van der Waals surface area (Å²) in [4.78, 5) is 4.79. The van der Waals surface area contributed by atoms with Crippen molar-refractivity contribution < 1.29 is 4.42 Å². The van der Waals surface area contributed by atoms with Crippen LogP contribution in [0.3, 0.4) is 0 Å². The number of aryl methyl sites for hydroxylation is 1. The number of hydrogen-bond donors (Lipinski definition) is 0. The Labute approximate surface area is 74.1 Å². The summed E-state index contributed by atoms with van der Waals surface area (Å²) in [5.74, 6) is 1.73. The van der Waals surface area contributed by atoms with Gasteiger partial charge in [0.2, 0.25) is 0 Å². The first kappa shape index (κ1) is 7.35. The van der Waals surface area contributed by atoms with Gasteiger partial charge < -0.3 is 4.42 Å². The van der Waals surface area contributed by atoms with E-state index in [1.54, 1.807) is 0 Å². The summed E-state index contributed by atoms with van der Waals surface area (Å²) in [5, 5.41) is 0. The first-order valence-corrected chi connectivity index (χ1v) is 4.69. The molecule has 0 bridgehead atoms. The summed E-state index contributed by atoms with van der Waals surface area (Å²) in [7, 11) is 0. The van der Waals surface area contributed by atoms with Crippen LogP contribution in [0.25, 0.3) is 0 Å². The van der Waals surface area contributed by atoms with Crippen LogP contribution < -0.4 is 0 Å². The molecule has 0 aromatic carbocycles. The van der Waals surface area contributed by atoms with Crippen molar-refractivity contribution in [3.63, 3.8) is 0 Å². The molecule has 0 saturated heterocycles. The fourth-order valence-electron chi connectivity index (χ4n) is 1.42. The molecule has 0 amide bonds. The number of aromatic nitrogens is 1. The Balaban J connectivity index is 2.28. The number of rotatable bonds is 1. The monoisotopic (exact) mass is 215 g/mol. The lowest BCUT2D eigenvalue weighted by Crippen LogP contribution is -2.08. The predicted octanol–water partition coefficient (Wildman–Crippen LogP) is 3.01. The fraction of sp³-hybridized carbons (Fsp3) is 0.625. The number of nitrogens with zero attached hydrogens (tertiary/aromatic N) is 1. The average molecular weight is 216 g/mol. The van der Waals surface area contributed by atoms with E-state index in [2.05, 4.69) is 20.9 Å². The molecule has 1 heterocycles. The van der Waals surface area contributed by atoms with Gasteiger partial charge in [0.05, 0.1) is 5.69 Å². The van der Waals surface area contributed by atoms with Crippen molar-refractivity contribution in [2.75, 3.05) is 0 Å². The molecule has 60 valence electrons. The molecule has 0 aliphatic heterocycles. The molecule has 1 aromatic rings. The normalized spacial score (nSPS) is 18.4. The molecule has 3 heteroatoms. The highest BCUT2D eigenvalue weighted by Gasteiger charge is 2.25. The van der Waals surface area contributed by atoms with Crippen molar-refractivity contribution in [2.24, 2.45) is 0 Å². The van der Waals surface area contributed by atoms with E-state index in [-0.39, 0.29) is 0 Å². The zero-order chi connectivity index (χ0) is 7.84. The lowest BCUT2D eigenvalue weighted by molar-refractivity contribution is 0.338. The second-order valence-electron chi connectivity index (χ2n) is 3.04. The zero-order valence-electron chi connectivity index (χ0n) is 6.43. The molecule has 2 nitrogen and oxygen atoms in total. The summed E-state index contributed by atoms with van der Waals surface area (Å²) in [6.45, 7) is 2.00. The van der Waals surface area contributed by atoms with Gasteiger partial charge in [-0.1, -0.05) is 6.42 Å². The molecule has 2 rings (SSSR count). The van der Waals surface area contributed by atoms with Gasteiger partial charge in [0.1, 0.15) is 5.76 Å². The Morgan fingerprint density at radius 3 is 2.64 bits per heavy atom. The largest absolute Gasteiger partial charge is 0.436 e. The van der Waals surface area contributed by atoms with Gasteiger partial charge >= 0.3 is 0 Å². The summed E-state index contributed by atoms with van der Waals surface area (Å²) >= 11 is 3.23. The fourth-order valence-corrected chi connectivity index (χ4v) is 1.86. The van der Waals surface area contributed by atoms with Gasteiger partial charge in [-0.05, 0) is 19.8 Å². The Morgan fingerprint density at radius 2 is 2.27 bits per heavy atom. The van der Waals surface area contributed by atoms with Gasteiger partial charge in [-0.2, -0.15) is 0 Å². The second kappa shape index (κ2) is 2.63. The summed E-state index contributed by atoms with van der Waals surface area (Å²) in [6.07, 6.45) is 3.87. The Bertz CT molecular complexity index is 265. The molecule has 0 unspecified atom stereocenters. The van der Waals surface area contributed by atoms with Crippen molar-refractivity contribution in [1.82, 2.24) is 4.98 Å². The quantitative estimate of drug-likeness (QED) is 0.721. The molecular weight excluding hydrogens is 206 g/mol. The maximum absolute atomic E-state index is 5.42. The summed E-state index contributed by atoms with van der Waals surface area (Å²) in [6, 6.07) is 0. The average Bonchev–Trinajstić information content (AvgIpc) is 2.07. The van der Waals surface area contributed by atoms with Crippen LogP contribution in [0.4, 0.5) is 0 Å². The Hall–Kier alpha value is -0.310. The first-order chi connectivity index (χ1) is 5.27. The van der Waals surface area contributed by atoms with Gasteiger partial charge in [0, 0.05) is 21.8 Å². The minimum absolute atomic E-state index is 0.622. The lowest BCUT2D eigenvalue weighted by atomic mass is 9.83. The van der Waals surface area contributed by atoms with Crippen LogP contribution in [0.5, 0.6) is 0 Å². The van der Waals surface area contributed by atoms with Crippen molar-refractivity contribution in [3.05, 3.63) is 16.3 Å². The van der Waals surface area contributed by atoms with Gasteiger partial charge in [-0.3, -0.25) is 0 Å². The van der Waals surface area contributed by atoms with Gasteiger partial charge in [-0.15, -0.1) is 0 Å². The number of hydrogen-bond acceptors (Lipinski definition) is 2. The van der Waals surface area contributed by atoms with E-state index in [4.69, 9.17) is 4.42 Å². The third-order valence-corrected chi connectivity index (χ3v) is 2.62. The minimum atomic E-state index is 0.622. The highest BCUT2D eigenvalue weighted by atomic mass is 79.9. The van der Waals surface area contributed by atoms with Crippen LogP contribution in [0.2, 0.25) is 0 Å². The van der Waals surface area contributed by atoms with Gasteiger partial charge in [-0.25, -0.2) is 4.98 Å². The molecule has 0 spiro atoms. The summed E-state index contributed by atoms with van der Waals surface area (Å²) < 4.78 is 5.42. The van der Waals surface area contributed by atoms with Crippen LogP contribution in [-0.4, -0.2) is 4.98 Å². The molecule has 1 aromatic heterocycles. The minimum Gasteiger partial charge on any atom is -0.436 e. The van der Waals surface area contributed by atoms with Crippen LogP contribution in [0, 0.1) is 6.92 Å². The smallest absolute Gasteiger partial charge is 0.264 e. The molecule has 1 aliphatic rings. The highest BCUT2D eigenvalue weighted by Crippen LogP contribution is 2.38. The molecule has 11 heavy (non-hydrogen) atoms. The van der Waals surface area contributed by atoms with E-state index in [0.717, 1.165) is 11.5 Å². The lowest BCUT2D eigenvalue weighted by Gasteiger charge is -2.22. The molecular formula is C8H10BrNO. The molecule has 0 radical (unpaired) electrons. The highest BCUT2D eigenvalue weighted by molar-refractivity contribution is 9.10. The summed E-state index contributed by atoms with van der Waals surface area (Å²) in [5.41, 5.74) is 1.04. The van der Waals surface area contributed by atoms with Crippen LogP contribution in [-0.2, 0) is 0 Å². The molecule has 1 saturated carbocycles. The van der Waals surface area contributed by atoms with Crippen LogP contribution in [0.1, 0.15) is 36.6 Å². The van der Waals surface area contributed by atoms with E-state index in [1.807, 2.05) is 6.92 Å². The van der Waals surface area contributed by atoms with Crippen LogP contribution in [0.15, 0.2) is 9.22 Å². The molecule has 0 atom stereocenters. The van der Waals surface area contributed by atoms with Crippen molar-refractivity contribution in [3.8, 4) is 0 Å². The maximum atomic E-state index is 5.42. The van der Waals surface area contributed by atoms with Crippen molar-refractivity contribution in [1.29, 1.82) is 0 Å². The zero-order valence-corrected chi connectivity index (χ0v) is 8.02. The number of oxazole rings is 1. The molecule has 0 N–H and O–H groups in total. The topological polar surface area (TPSA) is 26.0 Å². The third-order valence-electron chi connectivity index (χ3n) is 2.28. The second-order valence-corrected chi connectivity index (χ2v) is 3.72. The van der Waals surface area contributed by atoms with Crippen molar-refractivity contribution >= 4 is 15.9 Å². The first-order valence-electron chi connectivity index (χ1n) is 3.90. The van der Waals surface area contributed by atoms with Crippen molar-refractivity contribution in [2.45, 2.75) is 32.1 Å². The van der Waals surface area contributed by atoms with Gasteiger partial charge in [0.25, 0.3) is 4.80 Å². The van der Waals surface area contributed by atoms with Gasteiger partial charge in [0.15, 0.2) is 0 Å². The SMILES string of the molecule is Cc1nc(Br)oc1C1CCC1. The maximum Gasteiger partial charge on any atom is 0.264 e. The number of halogens is 1. The van der Waals surface area contributed by atoms with Crippen LogP contribution >= 0.6 is 15.9 Å². The molecule has 1 aliphatic carbocycles. The van der Waals surface area contributed by atoms with E-state index < -0.39 is 0 Å². The Morgan fingerprint density at radius 1 is 1.55 bits per heavy atom.